The molecule has 0 amide bonds. The molecule has 0 aromatic rings. The lowest BCUT2D eigenvalue weighted by Gasteiger charge is -1.71. The predicted octanol–water partition coefficient (Wildman–Crippen LogP) is 0.952. The highest BCUT2D eigenvalue weighted by molar-refractivity contribution is 9.06. The molecule has 0 aromatic heterocycles. The molecule has 0 aliphatic rings. The van der Waals surface area contributed by atoms with E-state index >= 15 is 0 Å². The molecular formula is C2H5BrMgO. The van der Waals surface area contributed by atoms with Crippen LogP contribution in [0.3, 0.4) is 0 Å². The van der Waals surface area contributed by atoms with Crippen LogP contribution in [0.1, 0.15) is 6.92 Å². The quantitative estimate of drug-likeness (QED) is 0.504. The van der Waals surface area contributed by atoms with Gasteiger partial charge in [0, 0.05) is 23.1 Å². The van der Waals surface area contributed by atoms with Crippen molar-refractivity contribution in [3.05, 3.63) is 0 Å². The maximum absolute atomic E-state index is 4.35. The highest BCUT2D eigenvalue weighted by Gasteiger charge is 1.55. The summed E-state index contributed by atoms with van der Waals surface area (Å²) in [5, 5.41) is 0. The summed E-state index contributed by atoms with van der Waals surface area (Å²) in [4.78, 5) is 0. The Balaban J connectivity index is 0. The van der Waals surface area contributed by atoms with Crippen LogP contribution in [-0.2, 0) is 3.83 Å². The van der Waals surface area contributed by atoms with Crippen molar-refractivity contribution in [2.75, 3.05) is 6.61 Å². The van der Waals surface area contributed by atoms with Crippen LogP contribution in [0.15, 0.2) is 0 Å². The minimum absolute atomic E-state index is 0. The summed E-state index contributed by atoms with van der Waals surface area (Å²) < 4.78 is 4.35. The van der Waals surface area contributed by atoms with E-state index in [9.17, 15) is 0 Å². The molecular weight excluding hydrogens is 144 g/mol. The largest absolute Gasteiger partial charge is 0.308 e. The Bertz CT molecular complexity index is 11.6. The lowest BCUT2D eigenvalue weighted by molar-refractivity contribution is 0.426. The summed E-state index contributed by atoms with van der Waals surface area (Å²) in [6, 6.07) is 0. The molecule has 1 nitrogen and oxygen atoms in total. The van der Waals surface area contributed by atoms with Gasteiger partial charge < -0.3 is 3.83 Å². The molecule has 3 heteroatoms. The van der Waals surface area contributed by atoms with Gasteiger partial charge in [-0.05, 0) is 6.92 Å². The minimum Gasteiger partial charge on any atom is -0.308 e. The van der Waals surface area contributed by atoms with Crippen molar-refractivity contribution in [1.82, 2.24) is 0 Å². The van der Waals surface area contributed by atoms with E-state index in [1.165, 1.54) is 0 Å². The van der Waals surface area contributed by atoms with Gasteiger partial charge in [-0.25, -0.2) is 0 Å². The van der Waals surface area contributed by atoms with Gasteiger partial charge in [0.2, 0.25) is 0 Å². The van der Waals surface area contributed by atoms with Crippen molar-refractivity contribution >= 4 is 39.3 Å². The van der Waals surface area contributed by atoms with Gasteiger partial charge >= 0.3 is 0 Å². The van der Waals surface area contributed by atoms with Crippen molar-refractivity contribution < 1.29 is 3.83 Å². The summed E-state index contributed by atoms with van der Waals surface area (Å²) in [5.41, 5.74) is 0. The Morgan fingerprint density at radius 3 is 2.00 bits per heavy atom. The van der Waals surface area contributed by atoms with E-state index < -0.39 is 0 Å². The molecule has 0 saturated carbocycles. The molecule has 2 radical (unpaired) electrons. The summed E-state index contributed by atoms with van der Waals surface area (Å²) in [5.74, 6) is 0. The fraction of sp³-hybridized carbons (Fsp3) is 1.00. The van der Waals surface area contributed by atoms with Crippen LogP contribution in [0.25, 0.3) is 0 Å². The first kappa shape index (κ1) is 9.51. The lowest BCUT2D eigenvalue weighted by Crippen LogP contribution is -1.63. The molecule has 0 unspecified atom stereocenters. The molecule has 0 saturated heterocycles. The molecule has 28 valence electrons. The summed E-state index contributed by atoms with van der Waals surface area (Å²) in [6.45, 7) is 2.65. The Morgan fingerprint density at radius 2 is 2.00 bits per heavy atom. The Labute approximate surface area is 56.7 Å². The summed E-state index contributed by atoms with van der Waals surface area (Å²) in [7, 11) is 0. The van der Waals surface area contributed by atoms with Crippen LogP contribution >= 0.6 is 16.3 Å². The standard InChI is InChI=1S/C2H5BrO.Mg/c1-2-4-3;/h2H2,1H3;. The van der Waals surface area contributed by atoms with Crippen molar-refractivity contribution in [2.24, 2.45) is 0 Å². The topological polar surface area (TPSA) is 9.23 Å². The van der Waals surface area contributed by atoms with Crippen molar-refractivity contribution in [1.29, 1.82) is 0 Å². The molecule has 0 bridgehead atoms. The lowest BCUT2D eigenvalue weighted by atomic mass is 10.9. The number of rotatable bonds is 1. The number of hydrogen-bond acceptors (Lipinski definition) is 1. The van der Waals surface area contributed by atoms with Gasteiger partial charge in [0.1, 0.15) is 0 Å². The minimum atomic E-state index is 0. The van der Waals surface area contributed by atoms with Crippen LogP contribution in [0.4, 0.5) is 0 Å². The first-order valence-electron chi connectivity index (χ1n) is 1.15. The molecule has 0 aliphatic heterocycles. The third kappa shape index (κ3) is 11.0. The van der Waals surface area contributed by atoms with E-state index in [0.29, 0.717) is 0 Å². The van der Waals surface area contributed by atoms with Crippen LogP contribution in [0.5, 0.6) is 0 Å². The third-order valence-corrected chi connectivity index (χ3v) is 0.567. The first-order valence-corrected chi connectivity index (χ1v) is 1.80. The second kappa shape index (κ2) is 8.96. The third-order valence-electron chi connectivity index (χ3n) is 0.109. The van der Waals surface area contributed by atoms with Crippen LogP contribution < -0.4 is 0 Å². The Kier molecular flexibility index (Phi) is 17.0. The zero-order valence-electron chi connectivity index (χ0n) is 3.20. The Morgan fingerprint density at radius 1 is 1.80 bits per heavy atom. The highest BCUT2D eigenvalue weighted by Crippen LogP contribution is 1.76. The van der Waals surface area contributed by atoms with Gasteiger partial charge in [0.25, 0.3) is 0 Å². The molecule has 0 rings (SSSR count). The van der Waals surface area contributed by atoms with Crippen LogP contribution in [0, 0.1) is 0 Å². The van der Waals surface area contributed by atoms with Crippen LogP contribution in [-0.4, -0.2) is 29.7 Å². The molecule has 0 spiro atoms. The average Bonchev–Trinajstić information content (AvgIpc) is 1.37. The van der Waals surface area contributed by atoms with E-state index in [2.05, 4.69) is 20.1 Å². The first-order chi connectivity index (χ1) is 1.91. The molecule has 0 heterocycles. The second-order valence-corrected chi connectivity index (χ2v) is 0.856. The zero-order valence-corrected chi connectivity index (χ0v) is 6.20. The van der Waals surface area contributed by atoms with Gasteiger partial charge in [0.05, 0.1) is 22.9 Å². The van der Waals surface area contributed by atoms with Crippen LogP contribution in [0.2, 0.25) is 0 Å². The van der Waals surface area contributed by atoms with Gasteiger partial charge in [0.15, 0.2) is 0 Å². The summed E-state index contributed by atoms with van der Waals surface area (Å²) >= 11 is 2.75. The van der Waals surface area contributed by atoms with E-state index in [4.69, 9.17) is 0 Å². The number of hydrogen-bond donors (Lipinski definition) is 0. The maximum atomic E-state index is 4.35. The normalized spacial score (nSPS) is 6.00. The molecule has 0 aliphatic carbocycles. The predicted molar refractivity (Wildman–Crippen MR) is 26.3 cm³/mol. The van der Waals surface area contributed by atoms with Gasteiger partial charge in [-0.2, -0.15) is 0 Å². The Hall–Kier alpha value is 1.21. The number of halogens is 1. The van der Waals surface area contributed by atoms with Gasteiger partial charge in [-0.3, -0.25) is 0 Å². The van der Waals surface area contributed by atoms with Crippen molar-refractivity contribution in [3.63, 3.8) is 0 Å². The monoisotopic (exact) mass is 148 g/mol. The maximum Gasteiger partial charge on any atom is 0.0987 e. The van der Waals surface area contributed by atoms with E-state index in [0.717, 1.165) is 6.61 Å². The fourth-order valence-corrected chi connectivity index (χ4v) is 0. The van der Waals surface area contributed by atoms with Gasteiger partial charge in [-0.15, -0.1) is 0 Å². The van der Waals surface area contributed by atoms with Crippen molar-refractivity contribution in [3.8, 4) is 0 Å². The smallest absolute Gasteiger partial charge is 0.0987 e. The molecule has 0 fully saturated rings. The fourth-order valence-electron chi connectivity index (χ4n) is 0. The van der Waals surface area contributed by atoms with E-state index in [1.54, 1.807) is 0 Å². The van der Waals surface area contributed by atoms with Crippen molar-refractivity contribution in [2.45, 2.75) is 6.92 Å². The molecule has 5 heavy (non-hydrogen) atoms. The molecule has 0 atom stereocenters. The SMILES string of the molecule is CCOBr.[Mg]. The van der Waals surface area contributed by atoms with E-state index in [-0.39, 0.29) is 23.1 Å². The summed E-state index contributed by atoms with van der Waals surface area (Å²) in [6.07, 6.45) is 0. The molecule has 0 aromatic carbocycles. The zero-order chi connectivity index (χ0) is 3.41. The van der Waals surface area contributed by atoms with Gasteiger partial charge in [-0.1, -0.05) is 0 Å². The average molecular weight is 149 g/mol. The highest BCUT2D eigenvalue weighted by atomic mass is 79.9. The van der Waals surface area contributed by atoms with E-state index in [1.807, 2.05) is 6.92 Å². The second-order valence-electron chi connectivity index (χ2n) is 0.398. The molecule has 0 N–H and O–H groups in total.